The lowest BCUT2D eigenvalue weighted by Crippen LogP contribution is -2.47. The van der Waals surface area contributed by atoms with Crippen LogP contribution in [0.2, 0.25) is 0 Å². The molecule has 0 atom stereocenters. The number of carbonyl (C=O) groups excluding carboxylic acids is 2. The van der Waals surface area contributed by atoms with E-state index >= 15 is 0 Å². The van der Waals surface area contributed by atoms with Gasteiger partial charge in [-0.2, -0.15) is 0 Å². The lowest BCUT2D eigenvalue weighted by atomic mass is 9.67. The average Bonchev–Trinajstić information content (AvgIpc) is 2.81. The molecule has 0 aromatic carbocycles. The van der Waals surface area contributed by atoms with E-state index < -0.39 is 0 Å². The van der Waals surface area contributed by atoms with E-state index in [0.717, 1.165) is 32.0 Å². The monoisotopic (exact) mass is 249 g/mol. The topological polar surface area (TPSA) is 37.4 Å². The fraction of sp³-hybridized carbons (Fsp3) is 0.867. The summed E-state index contributed by atoms with van der Waals surface area (Å²) in [5, 5.41) is 0. The number of ketones is 2. The molecular weight excluding hydrogens is 226 g/mol. The Kier molecular flexibility index (Phi) is 3.27. The molecule has 100 valence electrons. The van der Waals surface area contributed by atoms with Crippen LogP contribution in [0.25, 0.3) is 0 Å². The first-order chi connectivity index (χ1) is 8.67. The number of Topliss-reactive ketones (excluding diaryl/α,β-unsaturated/α-hetero) is 2. The summed E-state index contributed by atoms with van der Waals surface area (Å²) in [6, 6.07) is 0.789. The van der Waals surface area contributed by atoms with E-state index in [9.17, 15) is 9.59 Å². The van der Waals surface area contributed by atoms with Crippen LogP contribution in [-0.2, 0) is 9.59 Å². The summed E-state index contributed by atoms with van der Waals surface area (Å²) >= 11 is 0. The molecule has 0 radical (unpaired) electrons. The molecule has 1 heterocycles. The highest BCUT2D eigenvalue weighted by Crippen LogP contribution is 2.43. The van der Waals surface area contributed by atoms with Crippen molar-refractivity contribution in [2.45, 2.75) is 63.8 Å². The van der Waals surface area contributed by atoms with Gasteiger partial charge >= 0.3 is 0 Å². The third-order valence-electron chi connectivity index (χ3n) is 5.24. The lowest BCUT2D eigenvalue weighted by Gasteiger charge is -2.44. The molecule has 1 saturated heterocycles. The molecule has 1 spiro atoms. The van der Waals surface area contributed by atoms with Crippen LogP contribution in [-0.4, -0.2) is 35.6 Å². The highest BCUT2D eigenvalue weighted by Gasteiger charge is 2.42. The molecule has 3 fully saturated rings. The van der Waals surface area contributed by atoms with Gasteiger partial charge in [0, 0.05) is 18.9 Å². The second-order valence-corrected chi connectivity index (χ2v) is 6.58. The van der Waals surface area contributed by atoms with Crippen molar-refractivity contribution in [2.75, 3.05) is 13.1 Å². The van der Waals surface area contributed by atoms with Crippen molar-refractivity contribution >= 4 is 11.6 Å². The number of nitrogens with zero attached hydrogens (tertiary/aromatic N) is 1. The molecule has 0 N–H and O–H groups in total. The van der Waals surface area contributed by atoms with Crippen LogP contribution in [0.15, 0.2) is 0 Å². The first-order valence-electron chi connectivity index (χ1n) is 7.44. The van der Waals surface area contributed by atoms with Gasteiger partial charge in [-0.05, 0) is 44.2 Å². The molecule has 3 rings (SSSR count). The Labute approximate surface area is 109 Å². The highest BCUT2D eigenvalue weighted by atomic mass is 16.1. The van der Waals surface area contributed by atoms with E-state index in [2.05, 4.69) is 4.90 Å². The minimum atomic E-state index is 0.0432. The van der Waals surface area contributed by atoms with Crippen LogP contribution >= 0.6 is 0 Å². The Morgan fingerprint density at radius 1 is 0.944 bits per heavy atom. The zero-order valence-electron chi connectivity index (χ0n) is 11.1. The molecular formula is C15H23NO2. The first-order valence-corrected chi connectivity index (χ1v) is 7.44. The summed E-state index contributed by atoms with van der Waals surface area (Å²) in [5.74, 6) is 0.362. The smallest absolute Gasteiger partial charge is 0.140 e. The Hall–Kier alpha value is -0.700. The van der Waals surface area contributed by atoms with Gasteiger partial charge in [0.15, 0.2) is 0 Å². The van der Waals surface area contributed by atoms with Crippen LogP contribution in [0, 0.1) is 5.41 Å². The molecule has 2 saturated carbocycles. The van der Waals surface area contributed by atoms with Gasteiger partial charge in [0.05, 0.1) is 6.42 Å². The second-order valence-electron chi connectivity index (χ2n) is 6.58. The molecule has 0 unspecified atom stereocenters. The number of carbonyl (C=O) groups is 2. The van der Waals surface area contributed by atoms with E-state index in [1.54, 1.807) is 0 Å². The van der Waals surface area contributed by atoms with E-state index in [0.29, 0.717) is 12.8 Å². The van der Waals surface area contributed by atoms with Gasteiger partial charge < -0.3 is 4.90 Å². The van der Waals surface area contributed by atoms with Gasteiger partial charge in [0.2, 0.25) is 0 Å². The van der Waals surface area contributed by atoms with Gasteiger partial charge in [0.25, 0.3) is 0 Å². The quantitative estimate of drug-likeness (QED) is 0.669. The Morgan fingerprint density at radius 2 is 1.50 bits per heavy atom. The first kappa shape index (κ1) is 12.3. The van der Waals surface area contributed by atoms with Crippen LogP contribution in [0.4, 0.5) is 0 Å². The standard InChI is InChI=1S/C15H23NO2/c17-13-9-14(18)11-15(10-13)5-7-16(8-6-15)12-3-1-2-4-12/h12H,1-11H2. The van der Waals surface area contributed by atoms with E-state index in [-0.39, 0.29) is 23.4 Å². The zero-order valence-corrected chi connectivity index (χ0v) is 11.1. The van der Waals surface area contributed by atoms with Gasteiger partial charge in [-0.15, -0.1) is 0 Å². The average molecular weight is 249 g/mol. The number of hydrogen-bond donors (Lipinski definition) is 0. The summed E-state index contributed by atoms with van der Waals surface area (Å²) in [6.07, 6.45) is 9.10. The van der Waals surface area contributed by atoms with Crippen LogP contribution in [0.1, 0.15) is 57.8 Å². The molecule has 0 aromatic heterocycles. The number of piperidine rings is 1. The Morgan fingerprint density at radius 3 is 2.06 bits per heavy atom. The van der Waals surface area contributed by atoms with E-state index in [1.807, 2.05) is 0 Å². The van der Waals surface area contributed by atoms with Crippen molar-refractivity contribution in [1.29, 1.82) is 0 Å². The third-order valence-corrected chi connectivity index (χ3v) is 5.24. The SMILES string of the molecule is O=C1CC(=O)CC2(CCN(C3CCCC3)CC2)C1. The summed E-state index contributed by atoms with van der Waals surface area (Å²) in [6.45, 7) is 2.20. The maximum absolute atomic E-state index is 11.7. The fourth-order valence-electron chi connectivity index (χ4n) is 4.23. The molecule has 0 amide bonds. The third kappa shape index (κ3) is 2.37. The number of likely N-dealkylation sites (tertiary alicyclic amines) is 1. The minimum absolute atomic E-state index is 0.0432. The van der Waals surface area contributed by atoms with Crippen molar-refractivity contribution in [3.05, 3.63) is 0 Å². The van der Waals surface area contributed by atoms with Crippen molar-refractivity contribution < 1.29 is 9.59 Å². The van der Waals surface area contributed by atoms with Crippen molar-refractivity contribution in [3.8, 4) is 0 Å². The van der Waals surface area contributed by atoms with Gasteiger partial charge in [-0.1, -0.05) is 12.8 Å². The van der Waals surface area contributed by atoms with Crippen molar-refractivity contribution in [3.63, 3.8) is 0 Å². The summed E-state index contributed by atoms with van der Waals surface area (Å²) in [4.78, 5) is 25.9. The molecule has 3 nitrogen and oxygen atoms in total. The normalized spacial score (nSPS) is 30.2. The minimum Gasteiger partial charge on any atom is -0.300 e. The fourth-order valence-corrected chi connectivity index (χ4v) is 4.23. The Bertz CT molecular complexity index is 332. The zero-order chi connectivity index (χ0) is 12.6. The maximum Gasteiger partial charge on any atom is 0.140 e. The molecule has 18 heavy (non-hydrogen) atoms. The number of hydrogen-bond acceptors (Lipinski definition) is 3. The van der Waals surface area contributed by atoms with E-state index in [4.69, 9.17) is 0 Å². The second kappa shape index (κ2) is 4.76. The molecule has 3 aliphatic rings. The molecule has 0 aromatic rings. The van der Waals surface area contributed by atoms with Gasteiger partial charge in [-0.25, -0.2) is 0 Å². The largest absolute Gasteiger partial charge is 0.300 e. The Balaban J connectivity index is 1.61. The summed E-state index contributed by atoms with van der Waals surface area (Å²) in [7, 11) is 0. The summed E-state index contributed by atoms with van der Waals surface area (Å²) in [5.41, 5.74) is 0.0432. The van der Waals surface area contributed by atoms with Gasteiger partial charge in [-0.3, -0.25) is 9.59 Å². The van der Waals surface area contributed by atoms with Crippen LogP contribution in [0.5, 0.6) is 0 Å². The molecule has 2 aliphatic carbocycles. The lowest BCUT2D eigenvalue weighted by molar-refractivity contribution is -0.136. The van der Waals surface area contributed by atoms with Crippen LogP contribution in [0.3, 0.4) is 0 Å². The predicted octanol–water partition coefficient (Wildman–Crippen LogP) is 2.33. The van der Waals surface area contributed by atoms with Gasteiger partial charge in [0.1, 0.15) is 11.6 Å². The van der Waals surface area contributed by atoms with Crippen LogP contribution < -0.4 is 0 Å². The van der Waals surface area contributed by atoms with E-state index in [1.165, 1.54) is 25.7 Å². The number of rotatable bonds is 1. The predicted molar refractivity (Wildman–Crippen MR) is 69.4 cm³/mol. The maximum atomic E-state index is 11.7. The van der Waals surface area contributed by atoms with Crippen molar-refractivity contribution in [2.24, 2.45) is 5.41 Å². The molecule has 1 aliphatic heterocycles. The van der Waals surface area contributed by atoms with Crippen molar-refractivity contribution in [1.82, 2.24) is 4.90 Å². The summed E-state index contributed by atoms with van der Waals surface area (Å²) < 4.78 is 0. The molecule has 0 bridgehead atoms. The highest BCUT2D eigenvalue weighted by molar-refractivity contribution is 6.02. The molecule has 3 heteroatoms.